The number of rotatable bonds is 6. The number of hydrogen-bond donors (Lipinski definition) is 1. The lowest BCUT2D eigenvalue weighted by Gasteiger charge is -2.16. The van der Waals surface area contributed by atoms with E-state index in [1.54, 1.807) is 0 Å². The van der Waals surface area contributed by atoms with Crippen molar-refractivity contribution in [2.75, 3.05) is 6.54 Å². The van der Waals surface area contributed by atoms with Gasteiger partial charge in [-0.2, -0.15) is 5.10 Å². The van der Waals surface area contributed by atoms with E-state index in [1.807, 2.05) is 34.5 Å². The van der Waals surface area contributed by atoms with Crippen molar-refractivity contribution in [1.82, 2.24) is 15.1 Å². The second-order valence-corrected chi connectivity index (χ2v) is 5.53. The fraction of sp³-hybridized carbons (Fsp3) is 0.462. The Bertz CT molecular complexity index is 431. The van der Waals surface area contributed by atoms with E-state index in [-0.39, 0.29) is 0 Å². The number of nitrogens with zero attached hydrogens (tertiary/aromatic N) is 2. The van der Waals surface area contributed by atoms with Crippen LogP contribution in [0.4, 0.5) is 0 Å². The highest BCUT2D eigenvalue weighted by Gasteiger charge is 2.32. The van der Waals surface area contributed by atoms with Crippen LogP contribution in [0.5, 0.6) is 0 Å². The van der Waals surface area contributed by atoms with Gasteiger partial charge in [0.2, 0.25) is 0 Å². The van der Waals surface area contributed by atoms with Gasteiger partial charge in [0.25, 0.3) is 0 Å². The molecule has 90 valence electrons. The number of aromatic nitrogens is 2. The molecule has 0 radical (unpaired) electrons. The summed E-state index contributed by atoms with van der Waals surface area (Å²) in [5.41, 5.74) is 0. The summed E-state index contributed by atoms with van der Waals surface area (Å²) in [6, 6.07) is 6.92. The Morgan fingerprint density at radius 3 is 3.06 bits per heavy atom. The van der Waals surface area contributed by atoms with Crippen molar-refractivity contribution < 1.29 is 0 Å². The molecule has 1 N–H and O–H groups in total. The molecular weight excluding hydrogens is 230 g/mol. The molecule has 0 amide bonds. The third-order valence-electron chi connectivity index (χ3n) is 3.21. The van der Waals surface area contributed by atoms with Crippen molar-refractivity contribution in [3.8, 4) is 0 Å². The van der Waals surface area contributed by atoms with Crippen LogP contribution in [0.15, 0.2) is 36.0 Å². The van der Waals surface area contributed by atoms with Gasteiger partial charge in [0, 0.05) is 29.9 Å². The summed E-state index contributed by atoms with van der Waals surface area (Å²) >= 11 is 1.86. The van der Waals surface area contributed by atoms with Crippen molar-refractivity contribution >= 4 is 11.3 Å². The molecule has 0 aliphatic heterocycles. The monoisotopic (exact) mass is 247 g/mol. The van der Waals surface area contributed by atoms with E-state index in [4.69, 9.17) is 0 Å². The molecule has 3 nitrogen and oxygen atoms in total. The normalized spacial score (nSPS) is 17.2. The van der Waals surface area contributed by atoms with Gasteiger partial charge in [-0.05, 0) is 36.3 Å². The zero-order valence-electron chi connectivity index (χ0n) is 9.75. The highest BCUT2D eigenvalue weighted by molar-refractivity contribution is 7.10. The Kier molecular flexibility index (Phi) is 3.25. The van der Waals surface area contributed by atoms with Crippen LogP contribution in [0.25, 0.3) is 0 Å². The topological polar surface area (TPSA) is 29.9 Å². The van der Waals surface area contributed by atoms with Gasteiger partial charge < -0.3 is 5.32 Å². The quantitative estimate of drug-likeness (QED) is 0.850. The Morgan fingerprint density at radius 1 is 1.47 bits per heavy atom. The fourth-order valence-electron chi connectivity index (χ4n) is 2.16. The van der Waals surface area contributed by atoms with E-state index in [1.165, 1.54) is 17.7 Å². The minimum atomic E-state index is 0.561. The van der Waals surface area contributed by atoms with Gasteiger partial charge in [-0.15, -0.1) is 11.3 Å². The molecule has 0 aromatic carbocycles. The molecule has 17 heavy (non-hydrogen) atoms. The van der Waals surface area contributed by atoms with Crippen LogP contribution in [0.1, 0.15) is 23.8 Å². The molecule has 3 rings (SSSR count). The predicted molar refractivity (Wildman–Crippen MR) is 70.0 cm³/mol. The molecule has 2 aromatic heterocycles. The van der Waals surface area contributed by atoms with Crippen LogP contribution < -0.4 is 5.32 Å². The van der Waals surface area contributed by atoms with E-state index in [9.17, 15) is 0 Å². The molecule has 1 fully saturated rings. The van der Waals surface area contributed by atoms with Crippen LogP contribution in [-0.4, -0.2) is 16.3 Å². The average Bonchev–Trinajstić information content (AvgIpc) is 2.84. The largest absolute Gasteiger partial charge is 0.307 e. The zero-order valence-corrected chi connectivity index (χ0v) is 10.6. The third kappa shape index (κ3) is 2.76. The number of thiophene rings is 1. The van der Waals surface area contributed by atoms with Crippen molar-refractivity contribution in [2.24, 2.45) is 5.92 Å². The first-order valence-electron chi connectivity index (χ1n) is 6.18. The van der Waals surface area contributed by atoms with Gasteiger partial charge in [0.1, 0.15) is 0 Å². The van der Waals surface area contributed by atoms with E-state index in [2.05, 4.69) is 27.9 Å². The summed E-state index contributed by atoms with van der Waals surface area (Å²) in [5, 5.41) is 10.1. The zero-order chi connectivity index (χ0) is 11.5. The van der Waals surface area contributed by atoms with Gasteiger partial charge in [-0.3, -0.25) is 4.68 Å². The summed E-state index contributed by atoms with van der Waals surface area (Å²) in [6.45, 7) is 1.93. The van der Waals surface area contributed by atoms with Crippen molar-refractivity contribution in [3.63, 3.8) is 0 Å². The van der Waals surface area contributed by atoms with E-state index in [0.29, 0.717) is 6.04 Å². The molecule has 1 saturated carbocycles. The van der Waals surface area contributed by atoms with Crippen molar-refractivity contribution in [3.05, 3.63) is 40.8 Å². The summed E-state index contributed by atoms with van der Waals surface area (Å²) < 4.78 is 1.98. The van der Waals surface area contributed by atoms with E-state index in [0.717, 1.165) is 19.0 Å². The van der Waals surface area contributed by atoms with Crippen LogP contribution in [0, 0.1) is 5.92 Å². The molecule has 2 aromatic rings. The van der Waals surface area contributed by atoms with Crippen molar-refractivity contribution in [2.45, 2.75) is 25.4 Å². The van der Waals surface area contributed by atoms with Gasteiger partial charge in [0.05, 0.1) is 6.54 Å². The first kappa shape index (κ1) is 11.0. The van der Waals surface area contributed by atoms with Crippen molar-refractivity contribution in [1.29, 1.82) is 0 Å². The molecule has 1 aliphatic rings. The molecule has 0 bridgehead atoms. The maximum absolute atomic E-state index is 4.22. The maximum Gasteiger partial charge on any atom is 0.0534 e. The standard InChI is InChI=1S/C13H17N3S/c1-3-12(17-10-1)13(11-4-5-11)14-7-9-16-8-2-6-15-16/h1-3,6,8,10-11,13-14H,4-5,7,9H2. The van der Waals surface area contributed by atoms with Crippen LogP contribution in [0.3, 0.4) is 0 Å². The molecule has 0 saturated heterocycles. The Hall–Kier alpha value is -1.13. The highest BCUT2D eigenvalue weighted by atomic mass is 32.1. The molecule has 0 spiro atoms. The Balaban J connectivity index is 1.55. The Labute approximate surface area is 105 Å². The Morgan fingerprint density at radius 2 is 2.41 bits per heavy atom. The average molecular weight is 247 g/mol. The maximum atomic E-state index is 4.22. The smallest absolute Gasteiger partial charge is 0.0534 e. The summed E-state index contributed by atoms with van der Waals surface area (Å²) in [4.78, 5) is 1.48. The summed E-state index contributed by atoms with van der Waals surface area (Å²) in [7, 11) is 0. The number of hydrogen-bond acceptors (Lipinski definition) is 3. The van der Waals surface area contributed by atoms with Gasteiger partial charge in [-0.25, -0.2) is 0 Å². The third-order valence-corrected chi connectivity index (χ3v) is 4.16. The van der Waals surface area contributed by atoms with Gasteiger partial charge in [-0.1, -0.05) is 6.07 Å². The van der Waals surface area contributed by atoms with Crippen LogP contribution in [0.2, 0.25) is 0 Å². The van der Waals surface area contributed by atoms with Gasteiger partial charge >= 0.3 is 0 Å². The van der Waals surface area contributed by atoms with Crippen LogP contribution >= 0.6 is 11.3 Å². The van der Waals surface area contributed by atoms with E-state index >= 15 is 0 Å². The first-order valence-corrected chi connectivity index (χ1v) is 7.05. The SMILES string of the molecule is c1csc(C(NCCn2cccn2)C2CC2)c1. The lowest BCUT2D eigenvalue weighted by molar-refractivity contribution is 0.456. The molecule has 4 heteroatoms. The summed E-state index contributed by atoms with van der Waals surface area (Å²) in [5.74, 6) is 0.853. The van der Waals surface area contributed by atoms with Crippen LogP contribution in [-0.2, 0) is 6.54 Å². The fourth-order valence-corrected chi connectivity index (χ4v) is 3.06. The van der Waals surface area contributed by atoms with E-state index < -0.39 is 0 Å². The predicted octanol–water partition coefficient (Wildman–Crippen LogP) is 2.69. The minimum absolute atomic E-state index is 0.561. The summed E-state index contributed by atoms with van der Waals surface area (Å²) in [6.07, 6.45) is 6.59. The minimum Gasteiger partial charge on any atom is -0.307 e. The lowest BCUT2D eigenvalue weighted by Crippen LogP contribution is -2.26. The molecule has 1 atom stereocenters. The van der Waals surface area contributed by atoms with Gasteiger partial charge in [0.15, 0.2) is 0 Å². The number of nitrogens with one attached hydrogen (secondary N) is 1. The first-order chi connectivity index (χ1) is 8.43. The molecule has 2 heterocycles. The molecular formula is C13H17N3S. The second-order valence-electron chi connectivity index (χ2n) is 4.55. The molecule has 1 unspecified atom stereocenters. The second kappa shape index (κ2) is 5.02. The lowest BCUT2D eigenvalue weighted by atomic mass is 10.1. The highest BCUT2D eigenvalue weighted by Crippen LogP contribution is 2.42. The molecule has 1 aliphatic carbocycles.